The Labute approximate surface area is 222 Å². The highest BCUT2D eigenvalue weighted by atomic mass is 19.1. The third-order valence-electron chi connectivity index (χ3n) is 6.34. The van der Waals surface area contributed by atoms with Gasteiger partial charge in [0.2, 0.25) is 17.7 Å². The van der Waals surface area contributed by atoms with E-state index in [1.54, 1.807) is 18.2 Å². The van der Waals surface area contributed by atoms with Crippen molar-refractivity contribution in [3.63, 3.8) is 0 Å². The molecule has 38 heavy (non-hydrogen) atoms. The Morgan fingerprint density at radius 1 is 1.00 bits per heavy atom. The molecule has 0 saturated heterocycles. The number of aryl methyl sites for hydroxylation is 1. The zero-order valence-electron chi connectivity index (χ0n) is 21.9. The summed E-state index contributed by atoms with van der Waals surface area (Å²) in [6.45, 7) is 2.65. The lowest BCUT2D eigenvalue weighted by Crippen LogP contribution is -2.53. The molecule has 2 aromatic rings. The minimum absolute atomic E-state index is 0.158. The standard InChI is InChI=1S/C28H36F2N4O4/c1-3-5-23-28(37)34(2)18-26(35)33-24(16-19-7-10-21(29)11-8-19)27(36)32-13-4-6-20-9-12-22(30)17-25(20)38-15-14-31-23/h7-12,17,23-24,31H,3-6,13-16,18H2,1-2H3,(H,32,36)(H,33,35)/t23-,24+/m0/s1. The van der Waals surface area contributed by atoms with Crippen LogP contribution in [0.15, 0.2) is 42.5 Å². The molecule has 8 nitrogen and oxygen atoms in total. The summed E-state index contributed by atoms with van der Waals surface area (Å²) in [4.78, 5) is 40.3. The number of likely N-dealkylation sites (N-methyl/N-ethyl adjacent to an activating group) is 1. The van der Waals surface area contributed by atoms with Crippen LogP contribution in [0.1, 0.15) is 37.3 Å². The van der Waals surface area contributed by atoms with Gasteiger partial charge in [0.1, 0.15) is 30.0 Å². The van der Waals surface area contributed by atoms with Crippen molar-refractivity contribution in [2.24, 2.45) is 0 Å². The van der Waals surface area contributed by atoms with Crippen LogP contribution in [0.2, 0.25) is 0 Å². The molecule has 2 aromatic carbocycles. The number of carbonyl (C=O) groups excluding carboxylic acids is 3. The molecular weight excluding hydrogens is 494 g/mol. The van der Waals surface area contributed by atoms with Crippen molar-refractivity contribution in [1.29, 1.82) is 0 Å². The van der Waals surface area contributed by atoms with Gasteiger partial charge in [-0.1, -0.05) is 31.5 Å². The van der Waals surface area contributed by atoms with Gasteiger partial charge in [-0.3, -0.25) is 14.4 Å². The molecule has 1 aliphatic heterocycles. The molecule has 0 spiro atoms. The fourth-order valence-electron chi connectivity index (χ4n) is 4.34. The molecule has 10 heteroatoms. The Morgan fingerprint density at radius 2 is 1.74 bits per heavy atom. The first-order chi connectivity index (χ1) is 18.3. The lowest BCUT2D eigenvalue weighted by atomic mass is 10.0. The molecule has 0 fully saturated rings. The zero-order valence-corrected chi connectivity index (χ0v) is 21.9. The number of hydrogen-bond donors (Lipinski definition) is 3. The highest BCUT2D eigenvalue weighted by Gasteiger charge is 2.26. The van der Waals surface area contributed by atoms with Crippen LogP contribution >= 0.6 is 0 Å². The van der Waals surface area contributed by atoms with Crippen molar-refractivity contribution < 1.29 is 27.9 Å². The zero-order chi connectivity index (χ0) is 27.5. The van der Waals surface area contributed by atoms with Gasteiger partial charge in [-0.15, -0.1) is 0 Å². The van der Waals surface area contributed by atoms with Crippen LogP contribution in [-0.2, 0) is 27.2 Å². The van der Waals surface area contributed by atoms with Gasteiger partial charge >= 0.3 is 0 Å². The van der Waals surface area contributed by atoms with E-state index in [1.807, 2.05) is 6.92 Å². The van der Waals surface area contributed by atoms with E-state index in [1.165, 1.54) is 36.2 Å². The molecular formula is C28H36F2N4O4. The van der Waals surface area contributed by atoms with Gasteiger partial charge in [0.15, 0.2) is 0 Å². The largest absolute Gasteiger partial charge is 0.492 e. The molecule has 0 bridgehead atoms. The van der Waals surface area contributed by atoms with E-state index in [9.17, 15) is 23.2 Å². The average Bonchev–Trinajstić information content (AvgIpc) is 2.89. The number of benzene rings is 2. The third-order valence-corrected chi connectivity index (χ3v) is 6.34. The maximum Gasteiger partial charge on any atom is 0.242 e. The molecule has 0 radical (unpaired) electrons. The lowest BCUT2D eigenvalue weighted by molar-refractivity contribution is -0.137. The summed E-state index contributed by atoms with van der Waals surface area (Å²) >= 11 is 0. The molecule has 0 aromatic heterocycles. The minimum atomic E-state index is -0.912. The van der Waals surface area contributed by atoms with E-state index in [2.05, 4.69) is 16.0 Å². The number of nitrogens with zero attached hydrogens (tertiary/aromatic N) is 1. The van der Waals surface area contributed by atoms with E-state index < -0.39 is 29.6 Å². The Bertz CT molecular complexity index is 1100. The lowest BCUT2D eigenvalue weighted by Gasteiger charge is -2.26. The Balaban J connectivity index is 1.80. The number of ether oxygens (including phenoxy) is 1. The quantitative estimate of drug-likeness (QED) is 0.564. The predicted molar refractivity (Wildman–Crippen MR) is 140 cm³/mol. The number of nitrogens with one attached hydrogen (secondary N) is 3. The monoisotopic (exact) mass is 530 g/mol. The maximum absolute atomic E-state index is 13.9. The molecule has 3 rings (SSSR count). The van der Waals surface area contributed by atoms with Gasteiger partial charge in [0.05, 0.1) is 12.6 Å². The molecule has 0 unspecified atom stereocenters. The Morgan fingerprint density at radius 3 is 2.47 bits per heavy atom. The van der Waals surface area contributed by atoms with Gasteiger partial charge in [0.25, 0.3) is 0 Å². The normalized spacial score (nSPS) is 20.4. The van der Waals surface area contributed by atoms with E-state index in [4.69, 9.17) is 4.74 Å². The van der Waals surface area contributed by atoms with Gasteiger partial charge in [0, 0.05) is 32.6 Å². The number of rotatable bonds is 4. The van der Waals surface area contributed by atoms with Crippen LogP contribution < -0.4 is 20.7 Å². The smallest absolute Gasteiger partial charge is 0.242 e. The molecule has 3 amide bonds. The first-order valence-electron chi connectivity index (χ1n) is 13.0. The van der Waals surface area contributed by atoms with Gasteiger partial charge in [-0.25, -0.2) is 8.78 Å². The summed E-state index contributed by atoms with van der Waals surface area (Å²) in [6.07, 6.45) is 2.58. The highest BCUT2D eigenvalue weighted by Crippen LogP contribution is 2.21. The summed E-state index contributed by atoms with van der Waals surface area (Å²) in [6, 6.07) is 8.65. The third kappa shape index (κ3) is 8.79. The number of halogens is 2. The second-order valence-electron chi connectivity index (χ2n) is 9.44. The first kappa shape index (κ1) is 29.0. The number of fused-ring (bicyclic) bond motifs is 1. The second kappa shape index (κ2) is 14.4. The van der Waals surface area contributed by atoms with Crippen LogP contribution in [0.3, 0.4) is 0 Å². The number of carbonyl (C=O) groups is 3. The molecule has 1 heterocycles. The number of amides is 3. The summed E-state index contributed by atoms with van der Waals surface area (Å²) in [5, 5.41) is 8.76. The van der Waals surface area contributed by atoms with Crippen molar-refractivity contribution >= 4 is 17.7 Å². The maximum atomic E-state index is 13.9. The fourth-order valence-corrected chi connectivity index (χ4v) is 4.34. The fraction of sp³-hybridized carbons (Fsp3) is 0.464. The Hall–Kier alpha value is -3.53. The van der Waals surface area contributed by atoms with Gasteiger partial charge in [-0.2, -0.15) is 0 Å². The van der Waals surface area contributed by atoms with Crippen molar-refractivity contribution in [2.75, 3.05) is 33.3 Å². The summed E-state index contributed by atoms with van der Waals surface area (Å²) < 4.78 is 33.1. The minimum Gasteiger partial charge on any atom is -0.492 e. The van der Waals surface area contributed by atoms with Crippen LogP contribution in [-0.4, -0.2) is 68.0 Å². The van der Waals surface area contributed by atoms with Crippen molar-refractivity contribution in [1.82, 2.24) is 20.9 Å². The summed E-state index contributed by atoms with van der Waals surface area (Å²) in [5.41, 5.74) is 1.48. The topological polar surface area (TPSA) is 99.8 Å². The van der Waals surface area contributed by atoms with Crippen molar-refractivity contribution in [3.8, 4) is 5.75 Å². The molecule has 1 aliphatic rings. The van der Waals surface area contributed by atoms with Crippen LogP contribution in [0.25, 0.3) is 0 Å². The summed E-state index contributed by atoms with van der Waals surface area (Å²) in [7, 11) is 1.54. The van der Waals surface area contributed by atoms with Crippen molar-refractivity contribution in [3.05, 3.63) is 65.2 Å². The SMILES string of the molecule is CCC[C@@H]1NCCOc2cc(F)ccc2CCCNC(=O)[C@@H](Cc2ccc(F)cc2)NC(=O)CN(C)C1=O. The van der Waals surface area contributed by atoms with Gasteiger partial charge < -0.3 is 25.6 Å². The summed E-state index contributed by atoms with van der Waals surface area (Å²) in [5.74, 6) is -1.50. The predicted octanol–water partition coefficient (Wildman–Crippen LogP) is 2.35. The molecule has 0 aliphatic carbocycles. The molecule has 3 N–H and O–H groups in total. The van der Waals surface area contributed by atoms with E-state index >= 15 is 0 Å². The first-order valence-corrected chi connectivity index (χ1v) is 13.0. The van der Waals surface area contributed by atoms with E-state index in [-0.39, 0.29) is 31.4 Å². The average molecular weight is 531 g/mol. The highest BCUT2D eigenvalue weighted by molar-refractivity contribution is 5.91. The second-order valence-corrected chi connectivity index (χ2v) is 9.44. The van der Waals surface area contributed by atoms with Crippen LogP contribution in [0.4, 0.5) is 8.78 Å². The van der Waals surface area contributed by atoms with Crippen LogP contribution in [0, 0.1) is 11.6 Å². The van der Waals surface area contributed by atoms with Crippen LogP contribution in [0.5, 0.6) is 5.75 Å². The molecule has 2 atom stereocenters. The Kier molecular flexibility index (Phi) is 11.0. The van der Waals surface area contributed by atoms with E-state index in [0.29, 0.717) is 43.7 Å². The molecule has 0 saturated carbocycles. The van der Waals surface area contributed by atoms with Gasteiger partial charge in [-0.05, 0) is 48.6 Å². The van der Waals surface area contributed by atoms with E-state index in [0.717, 1.165) is 12.0 Å². The molecule has 206 valence electrons. The number of hydrogen-bond acceptors (Lipinski definition) is 5. The van der Waals surface area contributed by atoms with Crippen molar-refractivity contribution in [2.45, 2.75) is 51.1 Å².